The molecule has 0 aliphatic carbocycles. The molecule has 1 aromatic rings. The van der Waals surface area contributed by atoms with Gasteiger partial charge < -0.3 is 15.1 Å². The molecule has 0 aromatic heterocycles. The van der Waals surface area contributed by atoms with E-state index in [2.05, 4.69) is 17.1 Å². The highest BCUT2D eigenvalue weighted by Crippen LogP contribution is 2.26. The van der Waals surface area contributed by atoms with E-state index in [-0.39, 0.29) is 11.8 Å². The fourth-order valence-corrected chi connectivity index (χ4v) is 2.74. The molecule has 0 saturated carbocycles. The summed E-state index contributed by atoms with van der Waals surface area (Å²) >= 11 is 0. The van der Waals surface area contributed by atoms with Crippen molar-refractivity contribution in [1.29, 1.82) is 0 Å². The standard InChI is InChI=1S/C19H31N3O2/c1-6-17-10-7-9-15(2)19(17)22(16(3)23)14-11-18(24)20-12-8-13-21(4)5/h7,9-10H,6,8,11-14H2,1-5H3,(H,20,24). The number of carbonyl (C=O) groups excluding carboxylic acids is 2. The molecule has 24 heavy (non-hydrogen) atoms. The third-order valence-electron chi connectivity index (χ3n) is 4.02. The van der Waals surface area contributed by atoms with Gasteiger partial charge >= 0.3 is 0 Å². The third-order valence-corrected chi connectivity index (χ3v) is 4.02. The van der Waals surface area contributed by atoms with Gasteiger partial charge in [-0.15, -0.1) is 0 Å². The van der Waals surface area contributed by atoms with Crippen LogP contribution in [-0.4, -0.2) is 50.4 Å². The predicted octanol–water partition coefficient (Wildman–Crippen LogP) is 2.37. The normalized spacial score (nSPS) is 10.8. The summed E-state index contributed by atoms with van der Waals surface area (Å²) in [4.78, 5) is 27.9. The summed E-state index contributed by atoms with van der Waals surface area (Å²) in [5.74, 6) is -0.0361. The number of nitrogens with one attached hydrogen (secondary N) is 1. The van der Waals surface area contributed by atoms with Gasteiger partial charge in [0.2, 0.25) is 11.8 Å². The highest BCUT2D eigenvalue weighted by atomic mass is 16.2. The molecule has 0 saturated heterocycles. The lowest BCUT2D eigenvalue weighted by Gasteiger charge is -2.25. The summed E-state index contributed by atoms with van der Waals surface area (Å²) in [6.45, 7) is 7.66. The largest absolute Gasteiger partial charge is 0.356 e. The van der Waals surface area contributed by atoms with Crippen LogP contribution in [0.1, 0.15) is 37.8 Å². The number of nitrogens with zero attached hydrogens (tertiary/aromatic N) is 2. The molecule has 0 aliphatic rings. The minimum Gasteiger partial charge on any atom is -0.356 e. The molecule has 134 valence electrons. The summed E-state index contributed by atoms with van der Waals surface area (Å²) < 4.78 is 0. The maximum absolute atomic E-state index is 12.1. The van der Waals surface area contributed by atoms with Gasteiger partial charge in [0.25, 0.3) is 0 Å². The number of anilines is 1. The van der Waals surface area contributed by atoms with Gasteiger partial charge in [-0.2, -0.15) is 0 Å². The Morgan fingerprint density at radius 2 is 1.88 bits per heavy atom. The summed E-state index contributed by atoms with van der Waals surface area (Å²) in [7, 11) is 4.03. The Kier molecular flexibility index (Phi) is 8.47. The highest BCUT2D eigenvalue weighted by molar-refractivity contribution is 5.94. The lowest BCUT2D eigenvalue weighted by Crippen LogP contribution is -2.35. The quantitative estimate of drug-likeness (QED) is 0.706. The van der Waals surface area contributed by atoms with Gasteiger partial charge in [-0.25, -0.2) is 0 Å². The molecule has 1 rings (SSSR count). The molecule has 0 bridgehead atoms. The van der Waals surface area contributed by atoms with E-state index in [4.69, 9.17) is 0 Å². The molecule has 2 amide bonds. The molecule has 0 atom stereocenters. The topological polar surface area (TPSA) is 52.7 Å². The molecular formula is C19H31N3O2. The second kappa shape index (κ2) is 10.1. The third kappa shape index (κ3) is 6.32. The van der Waals surface area contributed by atoms with E-state index in [9.17, 15) is 9.59 Å². The van der Waals surface area contributed by atoms with Crippen LogP contribution in [0.4, 0.5) is 5.69 Å². The molecule has 0 aliphatic heterocycles. The van der Waals surface area contributed by atoms with Crippen LogP contribution < -0.4 is 10.2 Å². The Bertz CT molecular complexity index is 556. The van der Waals surface area contributed by atoms with Crippen molar-refractivity contribution in [1.82, 2.24) is 10.2 Å². The smallest absolute Gasteiger partial charge is 0.223 e. The minimum atomic E-state index is -0.0283. The van der Waals surface area contributed by atoms with E-state index in [1.807, 2.05) is 39.2 Å². The van der Waals surface area contributed by atoms with Crippen LogP contribution in [0.3, 0.4) is 0 Å². The first-order valence-corrected chi connectivity index (χ1v) is 8.64. The number of carbonyl (C=O) groups is 2. The average Bonchev–Trinajstić information content (AvgIpc) is 2.52. The first-order valence-electron chi connectivity index (χ1n) is 8.64. The van der Waals surface area contributed by atoms with Gasteiger partial charge in [-0.3, -0.25) is 9.59 Å². The van der Waals surface area contributed by atoms with Gasteiger partial charge in [0.15, 0.2) is 0 Å². The molecule has 5 nitrogen and oxygen atoms in total. The van der Waals surface area contributed by atoms with Gasteiger partial charge in [-0.1, -0.05) is 25.1 Å². The first kappa shape index (κ1) is 20.2. The first-order chi connectivity index (χ1) is 11.4. The number of hydrogen-bond acceptors (Lipinski definition) is 3. The van der Waals surface area contributed by atoms with Crippen LogP contribution in [0.2, 0.25) is 0 Å². The fourth-order valence-electron chi connectivity index (χ4n) is 2.74. The van der Waals surface area contributed by atoms with E-state index in [1.165, 1.54) is 0 Å². The maximum atomic E-state index is 12.1. The number of para-hydroxylation sites is 1. The maximum Gasteiger partial charge on any atom is 0.223 e. The van der Waals surface area contributed by atoms with Gasteiger partial charge in [0.1, 0.15) is 0 Å². The van der Waals surface area contributed by atoms with Crippen molar-refractivity contribution < 1.29 is 9.59 Å². The Morgan fingerprint density at radius 3 is 2.46 bits per heavy atom. The Balaban J connectivity index is 2.65. The Morgan fingerprint density at radius 1 is 1.17 bits per heavy atom. The molecule has 1 aromatic carbocycles. The fraction of sp³-hybridized carbons (Fsp3) is 0.579. The molecule has 0 heterocycles. The van der Waals surface area contributed by atoms with Crippen LogP contribution >= 0.6 is 0 Å². The van der Waals surface area contributed by atoms with Crippen molar-refractivity contribution in [3.05, 3.63) is 29.3 Å². The van der Waals surface area contributed by atoms with Crippen molar-refractivity contribution in [2.24, 2.45) is 0 Å². The van der Waals surface area contributed by atoms with E-state index < -0.39 is 0 Å². The van der Waals surface area contributed by atoms with Gasteiger partial charge in [0, 0.05) is 32.1 Å². The monoisotopic (exact) mass is 333 g/mol. The van der Waals surface area contributed by atoms with E-state index in [0.717, 1.165) is 36.2 Å². The van der Waals surface area contributed by atoms with Crippen molar-refractivity contribution in [3.63, 3.8) is 0 Å². The van der Waals surface area contributed by atoms with Crippen molar-refractivity contribution in [2.75, 3.05) is 38.6 Å². The average molecular weight is 333 g/mol. The van der Waals surface area contributed by atoms with Gasteiger partial charge in [0.05, 0.1) is 0 Å². The van der Waals surface area contributed by atoms with Crippen molar-refractivity contribution in [3.8, 4) is 0 Å². The molecule has 0 radical (unpaired) electrons. The summed E-state index contributed by atoms with van der Waals surface area (Å²) in [6, 6.07) is 6.05. The van der Waals surface area contributed by atoms with E-state index >= 15 is 0 Å². The predicted molar refractivity (Wildman–Crippen MR) is 99.4 cm³/mol. The van der Waals surface area contributed by atoms with E-state index in [0.29, 0.717) is 19.5 Å². The van der Waals surface area contributed by atoms with Crippen LogP contribution in [0.5, 0.6) is 0 Å². The number of benzene rings is 1. The van der Waals surface area contributed by atoms with Crippen LogP contribution in [-0.2, 0) is 16.0 Å². The highest BCUT2D eigenvalue weighted by Gasteiger charge is 2.18. The van der Waals surface area contributed by atoms with Gasteiger partial charge in [-0.05, 0) is 51.5 Å². The lowest BCUT2D eigenvalue weighted by atomic mass is 10.0. The molecule has 1 N–H and O–H groups in total. The van der Waals surface area contributed by atoms with Crippen LogP contribution in [0.25, 0.3) is 0 Å². The van der Waals surface area contributed by atoms with Crippen molar-refractivity contribution >= 4 is 17.5 Å². The second-order valence-electron chi connectivity index (χ2n) is 6.36. The molecule has 0 fully saturated rings. The number of hydrogen-bond donors (Lipinski definition) is 1. The Hall–Kier alpha value is -1.88. The van der Waals surface area contributed by atoms with Crippen LogP contribution in [0, 0.1) is 6.92 Å². The summed E-state index contributed by atoms with van der Waals surface area (Å²) in [6.07, 6.45) is 2.10. The second-order valence-corrected chi connectivity index (χ2v) is 6.36. The number of rotatable bonds is 9. The lowest BCUT2D eigenvalue weighted by molar-refractivity contribution is -0.121. The molecule has 0 spiro atoms. The zero-order valence-electron chi connectivity index (χ0n) is 15.7. The summed E-state index contributed by atoms with van der Waals surface area (Å²) in [5.41, 5.74) is 3.15. The number of amides is 2. The minimum absolute atomic E-state index is 0.00774. The SMILES string of the molecule is CCc1cccc(C)c1N(CCC(=O)NCCCN(C)C)C(C)=O. The zero-order valence-corrected chi connectivity index (χ0v) is 15.7. The van der Waals surface area contributed by atoms with E-state index in [1.54, 1.807) is 11.8 Å². The molecule has 5 heteroatoms. The molecule has 0 unspecified atom stereocenters. The van der Waals surface area contributed by atoms with Crippen LogP contribution in [0.15, 0.2) is 18.2 Å². The zero-order chi connectivity index (χ0) is 18.1. The van der Waals surface area contributed by atoms with Crippen molar-refractivity contribution in [2.45, 2.75) is 40.0 Å². The Labute approximate surface area is 146 Å². The molecular weight excluding hydrogens is 302 g/mol. The number of aryl methyl sites for hydroxylation is 2. The summed E-state index contributed by atoms with van der Waals surface area (Å²) in [5, 5.41) is 2.92.